The van der Waals surface area contributed by atoms with Crippen LogP contribution in [0.1, 0.15) is 16.0 Å². The first-order valence-electron chi connectivity index (χ1n) is 7.99. The third-order valence-corrected chi connectivity index (χ3v) is 5.46. The zero-order valence-corrected chi connectivity index (χ0v) is 14.3. The van der Waals surface area contributed by atoms with Crippen LogP contribution in [0.2, 0.25) is 0 Å². The summed E-state index contributed by atoms with van der Waals surface area (Å²) in [5.41, 5.74) is 3.30. The molecule has 4 rings (SSSR count). The number of hydrogen-bond donors (Lipinski definition) is 1. The van der Waals surface area contributed by atoms with Gasteiger partial charge in [-0.25, -0.2) is 9.97 Å². The van der Waals surface area contributed by atoms with Crippen molar-refractivity contribution in [3.8, 4) is 0 Å². The number of rotatable bonds is 3. The smallest absolute Gasteiger partial charge is 0.242 e. The summed E-state index contributed by atoms with van der Waals surface area (Å²) in [5.74, 6) is 0.816. The highest BCUT2D eigenvalue weighted by molar-refractivity contribution is 7.10. The number of thiophene rings is 1. The molecule has 24 heavy (non-hydrogen) atoms. The van der Waals surface area contributed by atoms with E-state index in [1.807, 2.05) is 30.0 Å². The number of carbonyl (C=O) groups excluding carboxylic acids is 1. The van der Waals surface area contributed by atoms with E-state index >= 15 is 0 Å². The molecule has 1 aromatic carbocycles. The lowest BCUT2D eigenvalue weighted by molar-refractivity contribution is -0.130. The molecule has 5 nitrogen and oxygen atoms in total. The van der Waals surface area contributed by atoms with Gasteiger partial charge in [-0.15, -0.1) is 11.3 Å². The first-order chi connectivity index (χ1) is 11.7. The summed E-state index contributed by atoms with van der Waals surface area (Å²) in [4.78, 5) is 24.5. The van der Waals surface area contributed by atoms with Gasteiger partial charge in [-0.1, -0.05) is 12.1 Å². The number of para-hydroxylation sites is 1. The van der Waals surface area contributed by atoms with Gasteiger partial charge >= 0.3 is 0 Å². The summed E-state index contributed by atoms with van der Waals surface area (Å²) in [6.07, 6.45) is 2.50. The second-order valence-corrected chi connectivity index (χ2v) is 6.98. The van der Waals surface area contributed by atoms with Crippen LogP contribution in [0.4, 0.5) is 5.82 Å². The molecule has 0 radical (unpaired) electrons. The third-order valence-electron chi connectivity index (χ3n) is 4.43. The average molecular weight is 338 g/mol. The van der Waals surface area contributed by atoms with E-state index in [1.165, 1.54) is 10.4 Å². The van der Waals surface area contributed by atoms with Crippen LogP contribution in [0.15, 0.2) is 36.0 Å². The number of anilines is 1. The number of amides is 1. The Morgan fingerprint density at radius 3 is 3.17 bits per heavy atom. The molecule has 122 valence electrons. The lowest BCUT2D eigenvalue weighted by atomic mass is 10.1. The van der Waals surface area contributed by atoms with Crippen molar-refractivity contribution in [2.75, 3.05) is 18.4 Å². The third kappa shape index (κ3) is 2.73. The van der Waals surface area contributed by atoms with E-state index in [2.05, 4.69) is 26.7 Å². The molecule has 1 aliphatic rings. The number of nitrogens with zero attached hydrogens (tertiary/aromatic N) is 3. The van der Waals surface area contributed by atoms with E-state index < -0.39 is 0 Å². The molecule has 0 saturated heterocycles. The van der Waals surface area contributed by atoms with Crippen molar-refractivity contribution in [3.63, 3.8) is 0 Å². The van der Waals surface area contributed by atoms with E-state index in [4.69, 9.17) is 0 Å². The second kappa shape index (κ2) is 6.20. The van der Waals surface area contributed by atoms with E-state index in [-0.39, 0.29) is 12.5 Å². The number of fused-ring (bicyclic) bond motifs is 2. The van der Waals surface area contributed by atoms with Gasteiger partial charge in [0.25, 0.3) is 0 Å². The lowest BCUT2D eigenvalue weighted by Gasteiger charge is -2.27. The average Bonchev–Trinajstić information content (AvgIpc) is 3.08. The quantitative estimate of drug-likeness (QED) is 0.797. The molecule has 3 aromatic rings. The Labute approximate surface area is 144 Å². The molecule has 0 saturated carbocycles. The van der Waals surface area contributed by atoms with Crippen LogP contribution in [0.5, 0.6) is 0 Å². The number of carbonyl (C=O) groups is 1. The summed E-state index contributed by atoms with van der Waals surface area (Å²) >= 11 is 1.78. The van der Waals surface area contributed by atoms with Crippen molar-refractivity contribution in [2.24, 2.45) is 0 Å². The van der Waals surface area contributed by atoms with Gasteiger partial charge in [-0.3, -0.25) is 4.79 Å². The number of aryl methyl sites for hydroxylation is 1. The molecule has 0 spiro atoms. The molecule has 0 bridgehead atoms. The lowest BCUT2D eigenvalue weighted by Crippen LogP contribution is -2.38. The molecular weight excluding hydrogens is 320 g/mol. The van der Waals surface area contributed by atoms with Crippen LogP contribution < -0.4 is 5.32 Å². The molecule has 6 heteroatoms. The number of hydrogen-bond acceptors (Lipinski definition) is 5. The zero-order chi connectivity index (χ0) is 16.5. The van der Waals surface area contributed by atoms with Crippen molar-refractivity contribution >= 4 is 34.0 Å². The van der Waals surface area contributed by atoms with E-state index in [9.17, 15) is 4.79 Å². The van der Waals surface area contributed by atoms with Gasteiger partial charge in [0.1, 0.15) is 12.1 Å². The van der Waals surface area contributed by atoms with Crippen molar-refractivity contribution < 1.29 is 4.79 Å². The van der Waals surface area contributed by atoms with Crippen LogP contribution in [-0.2, 0) is 17.8 Å². The molecular formula is C18H18N4OS. The maximum absolute atomic E-state index is 12.5. The maximum atomic E-state index is 12.5. The first kappa shape index (κ1) is 15.1. The summed E-state index contributed by atoms with van der Waals surface area (Å²) in [5, 5.41) is 6.24. The van der Waals surface area contributed by atoms with Crippen molar-refractivity contribution in [2.45, 2.75) is 19.9 Å². The van der Waals surface area contributed by atoms with Gasteiger partial charge in [-0.2, -0.15) is 0 Å². The van der Waals surface area contributed by atoms with Crippen molar-refractivity contribution in [3.05, 3.63) is 52.0 Å². The second-order valence-electron chi connectivity index (χ2n) is 5.98. The fourth-order valence-electron chi connectivity index (χ4n) is 3.11. The minimum atomic E-state index is 0.103. The summed E-state index contributed by atoms with van der Waals surface area (Å²) in [6.45, 7) is 3.77. The zero-order valence-electron chi connectivity index (χ0n) is 13.5. The Morgan fingerprint density at radius 2 is 2.25 bits per heavy atom. The Hall–Kier alpha value is -2.47. The van der Waals surface area contributed by atoms with Gasteiger partial charge in [-0.05, 0) is 42.0 Å². The maximum Gasteiger partial charge on any atom is 0.242 e. The van der Waals surface area contributed by atoms with Gasteiger partial charge < -0.3 is 10.2 Å². The largest absolute Gasteiger partial charge is 0.360 e. The van der Waals surface area contributed by atoms with Crippen LogP contribution in [0.25, 0.3) is 10.9 Å². The molecule has 1 aliphatic heterocycles. The van der Waals surface area contributed by atoms with Crippen molar-refractivity contribution in [1.82, 2.24) is 14.9 Å². The molecule has 1 N–H and O–H groups in total. The van der Waals surface area contributed by atoms with E-state index in [1.54, 1.807) is 17.7 Å². The predicted octanol–water partition coefficient (Wildman–Crippen LogP) is 3.00. The van der Waals surface area contributed by atoms with Gasteiger partial charge in [0.05, 0.1) is 12.1 Å². The minimum absolute atomic E-state index is 0.103. The minimum Gasteiger partial charge on any atom is -0.360 e. The van der Waals surface area contributed by atoms with E-state index in [0.717, 1.165) is 29.4 Å². The molecule has 2 aromatic heterocycles. The number of benzene rings is 1. The summed E-state index contributed by atoms with van der Waals surface area (Å²) < 4.78 is 0. The van der Waals surface area contributed by atoms with Gasteiger partial charge in [0.15, 0.2) is 0 Å². The molecule has 0 unspecified atom stereocenters. The highest BCUT2D eigenvalue weighted by Crippen LogP contribution is 2.24. The van der Waals surface area contributed by atoms with Crippen LogP contribution in [0.3, 0.4) is 0 Å². The highest BCUT2D eigenvalue weighted by atomic mass is 32.1. The Morgan fingerprint density at radius 1 is 1.33 bits per heavy atom. The fourth-order valence-corrected chi connectivity index (χ4v) is 4.00. The Kier molecular flexibility index (Phi) is 3.90. The van der Waals surface area contributed by atoms with Gasteiger partial charge in [0.2, 0.25) is 5.91 Å². The van der Waals surface area contributed by atoms with Crippen LogP contribution >= 0.6 is 11.3 Å². The normalized spacial score (nSPS) is 13.8. The Balaban J connectivity index is 1.48. The Bertz CT molecular complexity index is 905. The molecule has 0 fully saturated rings. The number of aromatic nitrogens is 2. The molecule has 0 aliphatic carbocycles. The topological polar surface area (TPSA) is 58.1 Å². The van der Waals surface area contributed by atoms with Crippen LogP contribution in [-0.4, -0.2) is 33.9 Å². The standard InChI is InChI=1S/C18H18N4OS/c1-12-3-2-4-14-17(12)20-11-21-18(14)19-9-16(23)22-7-5-15-13(10-22)6-8-24-15/h2-4,6,8,11H,5,7,9-10H2,1H3,(H,19,20,21). The van der Waals surface area contributed by atoms with Crippen LogP contribution in [0, 0.1) is 6.92 Å². The van der Waals surface area contributed by atoms with E-state index in [0.29, 0.717) is 12.4 Å². The summed E-state index contributed by atoms with van der Waals surface area (Å²) in [7, 11) is 0. The fraction of sp³-hybridized carbons (Fsp3) is 0.278. The highest BCUT2D eigenvalue weighted by Gasteiger charge is 2.21. The first-order valence-corrected chi connectivity index (χ1v) is 8.87. The molecule has 0 atom stereocenters. The monoisotopic (exact) mass is 338 g/mol. The van der Waals surface area contributed by atoms with Gasteiger partial charge in [0, 0.05) is 23.4 Å². The molecule has 1 amide bonds. The SMILES string of the molecule is Cc1cccc2c(NCC(=O)N3CCc4sccc4C3)ncnc12. The van der Waals surface area contributed by atoms with Crippen molar-refractivity contribution in [1.29, 1.82) is 0 Å². The number of nitrogens with one attached hydrogen (secondary N) is 1. The molecule has 3 heterocycles. The summed E-state index contributed by atoms with van der Waals surface area (Å²) in [6, 6.07) is 8.11. The predicted molar refractivity (Wildman–Crippen MR) is 96.2 cm³/mol.